The number of methoxy groups -OCH3 is 1. The summed E-state index contributed by atoms with van der Waals surface area (Å²) in [6.07, 6.45) is 0.501. The molecule has 0 bridgehead atoms. The molecule has 1 heterocycles. The number of piperazine rings is 1. The van der Waals surface area contributed by atoms with Crippen LogP contribution in [-0.2, 0) is 24.3 Å². The molecular weight excluding hydrogens is 382 g/mol. The Hall–Kier alpha value is -1.97. The van der Waals surface area contributed by atoms with Gasteiger partial charge in [-0.25, -0.2) is 13.2 Å². The number of hydrogen-bond donors (Lipinski definition) is 1. The van der Waals surface area contributed by atoms with Gasteiger partial charge in [0.25, 0.3) is 0 Å². The molecule has 0 aromatic heterocycles. The highest BCUT2D eigenvalue weighted by molar-refractivity contribution is 7.89. The molecule has 0 unspecified atom stereocenters. The van der Waals surface area contributed by atoms with Gasteiger partial charge in [-0.05, 0) is 24.5 Å². The largest absolute Gasteiger partial charge is 0.467 e. The van der Waals surface area contributed by atoms with E-state index in [0.29, 0.717) is 32.6 Å². The zero-order valence-electron chi connectivity index (χ0n) is 16.6. The minimum Gasteiger partial charge on any atom is -0.467 e. The molecule has 0 aliphatic carbocycles. The Morgan fingerprint density at radius 1 is 1.11 bits per heavy atom. The van der Waals surface area contributed by atoms with Gasteiger partial charge in [0.15, 0.2) is 0 Å². The molecule has 0 radical (unpaired) electrons. The lowest BCUT2D eigenvalue weighted by atomic mass is 10.0. The van der Waals surface area contributed by atoms with Crippen molar-refractivity contribution in [2.24, 2.45) is 5.92 Å². The number of nitrogens with one attached hydrogen (secondary N) is 1. The Balaban J connectivity index is 1.88. The fourth-order valence-corrected chi connectivity index (χ4v) is 4.58. The number of hydrogen-bond acceptors (Lipinski definition) is 6. The van der Waals surface area contributed by atoms with Crippen molar-refractivity contribution >= 4 is 21.9 Å². The molecule has 1 amide bonds. The van der Waals surface area contributed by atoms with Gasteiger partial charge in [-0.1, -0.05) is 32.0 Å². The lowest BCUT2D eigenvalue weighted by Crippen LogP contribution is -2.52. The Bertz CT molecular complexity index is 759. The topological polar surface area (TPSA) is 96.0 Å². The normalized spacial score (nSPS) is 17.3. The summed E-state index contributed by atoms with van der Waals surface area (Å²) in [6, 6.07) is 7.66. The van der Waals surface area contributed by atoms with Crippen LogP contribution in [0.5, 0.6) is 0 Å². The predicted molar refractivity (Wildman–Crippen MR) is 105 cm³/mol. The van der Waals surface area contributed by atoms with Crippen molar-refractivity contribution < 1.29 is 22.7 Å². The maximum absolute atomic E-state index is 12.6. The first-order chi connectivity index (χ1) is 13.2. The summed E-state index contributed by atoms with van der Waals surface area (Å²) in [5.41, 5.74) is 0. The summed E-state index contributed by atoms with van der Waals surface area (Å²) in [7, 11) is -2.22. The van der Waals surface area contributed by atoms with Gasteiger partial charge in [0.05, 0.1) is 18.6 Å². The minimum absolute atomic E-state index is 0.116. The summed E-state index contributed by atoms with van der Waals surface area (Å²) < 4.78 is 31.5. The highest BCUT2D eigenvalue weighted by Crippen LogP contribution is 2.17. The van der Waals surface area contributed by atoms with Gasteiger partial charge in [0, 0.05) is 26.2 Å². The number of carbonyl (C=O) groups excluding carboxylic acids is 2. The molecule has 2 rings (SSSR count). The van der Waals surface area contributed by atoms with Gasteiger partial charge in [-0.3, -0.25) is 9.69 Å². The van der Waals surface area contributed by atoms with Crippen LogP contribution in [-0.4, -0.2) is 75.4 Å². The maximum atomic E-state index is 12.6. The second kappa shape index (κ2) is 9.99. The summed E-state index contributed by atoms with van der Waals surface area (Å²) in [5, 5.41) is 2.73. The SMILES string of the molecule is COC(=O)[C@H](CC(C)C)NC(=O)CN1CCN(S(=O)(=O)c2ccccc2)CC1. The maximum Gasteiger partial charge on any atom is 0.328 e. The van der Waals surface area contributed by atoms with Crippen molar-refractivity contribution in [3.05, 3.63) is 30.3 Å². The van der Waals surface area contributed by atoms with E-state index in [2.05, 4.69) is 5.32 Å². The molecule has 8 nitrogen and oxygen atoms in total. The number of sulfonamides is 1. The molecule has 1 aromatic carbocycles. The van der Waals surface area contributed by atoms with Crippen LogP contribution in [0.2, 0.25) is 0 Å². The number of rotatable bonds is 8. The van der Waals surface area contributed by atoms with Crippen molar-refractivity contribution in [2.45, 2.75) is 31.2 Å². The third-order valence-corrected chi connectivity index (χ3v) is 6.52. The second-order valence-corrected chi connectivity index (χ2v) is 9.20. The van der Waals surface area contributed by atoms with E-state index in [1.165, 1.54) is 11.4 Å². The van der Waals surface area contributed by atoms with Crippen molar-refractivity contribution in [1.82, 2.24) is 14.5 Å². The summed E-state index contributed by atoms with van der Waals surface area (Å²) in [5.74, 6) is -0.493. The average Bonchev–Trinajstić information content (AvgIpc) is 2.67. The molecule has 1 aliphatic heterocycles. The summed E-state index contributed by atoms with van der Waals surface area (Å²) >= 11 is 0. The zero-order chi connectivity index (χ0) is 20.7. The molecule has 1 fully saturated rings. The minimum atomic E-state index is -3.52. The molecule has 0 spiro atoms. The molecule has 9 heteroatoms. The molecular formula is C19H29N3O5S. The number of amides is 1. The number of benzene rings is 1. The van der Waals surface area contributed by atoms with Gasteiger partial charge in [-0.15, -0.1) is 0 Å². The van der Waals surface area contributed by atoms with Crippen LogP contribution < -0.4 is 5.32 Å². The summed E-state index contributed by atoms with van der Waals surface area (Å²) in [6.45, 7) is 5.58. The lowest BCUT2D eigenvalue weighted by molar-refractivity contribution is -0.145. The van der Waals surface area contributed by atoms with Crippen LogP contribution in [0.1, 0.15) is 20.3 Å². The van der Waals surface area contributed by atoms with E-state index < -0.39 is 22.0 Å². The Kier molecular flexibility index (Phi) is 7.97. The molecule has 1 aromatic rings. The van der Waals surface area contributed by atoms with E-state index in [0.717, 1.165) is 0 Å². The zero-order valence-corrected chi connectivity index (χ0v) is 17.4. The van der Waals surface area contributed by atoms with Gasteiger partial charge in [-0.2, -0.15) is 4.31 Å². The first-order valence-electron chi connectivity index (χ1n) is 9.38. The summed E-state index contributed by atoms with van der Waals surface area (Å²) in [4.78, 5) is 26.3. The monoisotopic (exact) mass is 411 g/mol. The molecule has 28 heavy (non-hydrogen) atoms. The first-order valence-corrected chi connectivity index (χ1v) is 10.8. The van der Waals surface area contributed by atoms with Crippen molar-refractivity contribution in [1.29, 1.82) is 0 Å². The molecule has 0 saturated carbocycles. The number of nitrogens with zero attached hydrogens (tertiary/aromatic N) is 2. The third-order valence-electron chi connectivity index (χ3n) is 4.61. The third kappa shape index (κ3) is 6.02. The van der Waals surface area contributed by atoms with E-state index >= 15 is 0 Å². The highest BCUT2D eigenvalue weighted by atomic mass is 32.2. The Labute approximate surface area is 166 Å². The lowest BCUT2D eigenvalue weighted by Gasteiger charge is -2.33. The van der Waals surface area contributed by atoms with Crippen molar-refractivity contribution in [3.63, 3.8) is 0 Å². The number of esters is 1. The fraction of sp³-hybridized carbons (Fsp3) is 0.579. The average molecular weight is 412 g/mol. The van der Waals surface area contributed by atoms with Gasteiger partial charge < -0.3 is 10.1 Å². The predicted octanol–water partition coefficient (Wildman–Crippen LogP) is 0.697. The molecule has 1 N–H and O–H groups in total. The van der Waals surface area contributed by atoms with Gasteiger partial charge >= 0.3 is 5.97 Å². The van der Waals surface area contributed by atoms with Crippen LogP contribution in [0.15, 0.2) is 35.2 Å². The van der Waals surface area contributed by atoms with Crippen molar-refractivity contribution in [2.75, 3.05) is 39.8 Å². The standard InChI is InChI=1S/C19H29N3O5S/c1-15(2)13-17(19(24)27-3)20-18(23)14-21-9-11-22(12-10-21)28(25,26)16-7-5-4-6-8-16/h4-8,15,17H,9-14H2,1-3H3,(H,20,23)/t17-/m0/s1. The number of carbonyl (C=O) groups is 2. The highest BCUT2D eigenvalue weighted by Gasteiger charge is 2.29. The number of ether oxygens (including phenoxy) is 1. The van der Waals surface area contributed by atoms with E-state index in [4.69, 9.17) is 4.74 Å². The van der Waals surface area contributed by atoms with Gasteiger partial charge in [0.1, 0.15) is 6.04 Å². The quantitative estimate of drug-likeness (QED) is 0.633. The Morgan fingerprint density at radius 3 is 2.25 bits per heavy atom. The van der Waals surface area contributed by atoms with Crippen LogP contribution in [0.25, 0.3) is 0 Å². The van der Waals surface area contributed by atoms with E-state index in [9.17, 15) is 18.0 Å². The second-order valence-electron chi connectivity index (χ2n) is 7.27. The van der Waals surface area contributed by atoms with Crippen LogP contribution in [0.3, 0.4) is 0 Å². The van der Waals surface area contributed by atoms with Crippen molar-refractivity contribution in [3.8, 4) is 0 Å². The molecule has 1 saturated heterocycles. The molecule has 1 aliphatic rings. The fourth-order valence-electron chi connectivity index (χ4n) is 3.14. The van der Waals surface area contributed by atoms with Gasteiger partial charge in [0.2, 0.25) is 15.9 Å². The van der Waals surface area contributed by atoms with Crippen LogP contribution >= 0.6 is 0 Å². The van der Waals surface area contributed by atoms with E-state index in [1.807, 2.05) is 18.7 Å². The smallest absolute Gasteiger partial charge is 0.328 e. The van der Waals surface area contributed by atoms with E-state index in [1.54, 1.807) is 30.3 Å². The van der Waals surface area contributed by atoms with Crippen LogP contribution in [0.4, 0.5) is 0 Å². The molecule has 156 valence electrons. The molecule has 1 atom stereocenters. The van der Waals surface area contributed by atoms with Crippen LogP contribution in [0, 0.1) is 5.92 Å². The Morgan fingerprint density at radius 2 is 1.71 bits per heavy atom. The first kappa shape index (κ1) is 22.3. The van der Waals surface area contributed by atoms with E-state index in [-0.39, 0.29) is 23.3 Å².